The van der Waals surface area contributed by atoms with E-state index in [0.29, 0.717) is 17.1 Å². The maximum Gasteiger partial charge on any atom is 1.00 e. The van der Waals surface area contributed by atoms with Crippen molar-refractivity contribution in [2.24, 2.45) is 10.2 Å². The Balaban J connectivity index is 0.00000200. The molecule has 0 fully saturated rings. The van der Waals surface area contributed by atoms with Crippen LogP contribution in [0.2, 0.25) is 0 Å². The Hall–Kier alpha value is -0.922. The van der Waals surface area contributed by atoms with E-state index in [2.05, 4.69) is 10.2 Å². The number of rotatable bonds is 3. The molecule has 0 aliphatic carbocycles. The molecular formula is C12H13AsN3NaO4. The molecule has 0 bridgehead atoms. The number of benzene rings is 2. The van der Waals surface area contributed by atoms with Crippen molar-refractivity contribution in [2.75, 3.05) is 5.73 Å². The zero-order chi connectivity index (χ0) is 13.9. The normalized spacial score (nSPS) is 13.0. The standard InChI is InChI=1S/C12H12AsN3O3.Na.H2O/c14-10-3-7-12(8-4-10)16-15-11-5-1-9(2-6-11)13(17,18)19;;/h1-8H,14H2,(H2,17,18,19);;1H2/q;+1;/p-1. The average molecular weight is 361 g/mol. The fraction of sp³-hybridized carbons (Fsp3) is 0. The van der Waals surface area contributed by atoms with Gasteiger partial charge in [-0.2, -0.15) is 0 Å². The van der Waals surface area contributed by atoms with Crippen LogP contribution in [0.3, 0.4) is 0 Å². The first-order valence-electron chi connectivity index (χ1n) is 5.37. The van der Waals surface area contributed by atoms with Crippen LogP contribution in [0.4, 0.5) is 17.1 Å². The van der Waals surface area contributed by atoms with E-state index in [1.807, 2.05) is 0 Å². The molecule has 21 heavy (non-hydrogen) atoms. The number of hydrogen-bond acceptors (Lipinski definition) is 5. The number of nitrogens with zero attached hydrogens (tertiary/aromatic N) is 2. The van der Waals surface area contributed by atoms with E-state index >= 15 is 0 Å². The predicted octanol–water partition coefficient (Wildman–Crippen LogP) is -3.21. The minimum atomic E-state index is -5.07. The molecule has 5 N–H and O–H groups in total. The Morgan fingerprint density at radius 1 is 0.952 bits per heavy atom. The van der Waals surface area contributed by atoms with Gasteiger partial charge in [0.2, 0.25) is 0 Å². The van der Waals surface area contributed by atoms with Crippen molar-refractivity contribution in [1.82, 2.24) is 0 Å². The van der Waals surface area contributed by atoms with Crippen molar-refractivity contribution >= 4 is 35.6 Å². The van der Waals surface area contributed by atoms with Crippen LogP contribution in [0.15, 0.2) is 58.8 Å². The average Bonchev–Trinajstić information content (AvgIpc) is 2.37. The van der Waals surface area contributed by atoms with Crippen LogP contribution in [0.25, 0.3) is 0 Å². The molecular weight excluding hydrogens is 348 g/mol. The van der Waals surface area contributed by atoms with Crippen LogP contribution >= 0.6 is 0 Å². The quantitative estimate of drug-likeness (QED) is 0.337. The van der Waals surface area contributed by atoms with Gasteiger partial charge in [0, 0.05) is 0 Å². The fourth-order valence-electron chi connectivity index (χ4n) is 1.36. The van der Waals surface area contributed by atoms with E-state index in [1.165, 1.54) is 24.3 Å². The number of nitrogens with two attached hydrogens (primary N) is 1. The fourth-order valence-corrected chi connectivity index (χ4v) is 2.47. The van der Waals surface area contributed by atoms with Crippen LogP contribution in [0.1, 0.15) is 0 Å². The molecule has 7 nitrogen and oxygen atoms in total. The van der Waals surface area contributed by atoms with Gasteiger partial charge in [0.05, 0.1) is 0 Å². The Morgan fingerprint density at radius 2 is 1.33 bits per heavy atom. The zero-order valence-corrected chi connectivity index (χ0v) is 15.2. The number of azo groups is 1. The Labute approximate surface area is 146 Å². The molecule has 0 heterocycles. The van der Waals surface area contributed by atoms with Crippen molar-refractivity contribution in [2.45, 2.75) is 0 Å². The van der Waals surface area contributed by atoms with Gasteiger partial charge < -0.3 is 5.48 Å². The topological polar surface area (TPSA) is 143 Å². The van der Waals surface area contributed by atoms with E-state index in [-0.39, 0.29) is 39.4 Å². The van der Waals surface area contributed by atoms with Gasteiger partial charge in [-0.15, -0.1) is 0 Å². The third-order valence-corrected chi connectivity index (χ3v) is 4.34. The van der Waals surface area contributed by atoms with Gasteiger partial charge in [-0.05, 0) is 0 Å². The summed E-state index contributed by atoms with van der Waals surface area (Å²) in [4.78, 5) is 0. The second-order valence-electron chi connectivity index (χ2n) is 3.83. The molecule has 2 rings (SSSR count). The van der Waals surface area contributed by atoms with Crippen molar-refractivity contribution in [3.63, 3.8) is 0 Å². The Bertz CT molecular complexity index is 641. The number of nitrogen functional groups attached to an aromatic ring is 1. The van der Waals surface area contributed by atoms with Crippen LogP contribution < -0.4 is 43.7 Å². The third-order valence-electron chi connectivity index (χ3n) is 2.35. The molecule has 0 aromatic heterocycles. The first-order valence-corrected chi connectivity index (χ1v) is 8.68. The van der Waals surface area contributed by atoms with E-state index in [0.717, 1.165) is 0 Å². The van der Waals surface area contributed by atoms with Gasteiger partial charge in [-0.3, -0.25) is 0 Å². The van der Waals surface area contributed by atoms with Crippen molar-refractivity contribution < 1.29 is 47.0 Å². The summed E-state index contributed by atoms with van der Waals surface area (Å²) in [5, 5.41) is 7.92. The van der Waals surface area contributed by atoms with Gasteiger partial charge in [-0.1, -0.05) is 0 Å². The molecule has 0 aliphatic rings. The van der Waals surface area contributed by atoms with Gasteiger partial charge in [0.25, 0.3) is 0 Å². The maximum absolute atomic E-state index is 10.9. The summed E-state index contributed by atoms with van der Waals surface area (Å²) in [6.45, 7) is 0. The Kier molecular flexibility index (Phi) is 8.13. The molecule has 106 valence electrons. The number of anilines is 1. The minimum absolute atomic E-state index is 0. The molecule has 0 radical (unpaired) electrons. The molecule has 0 spiro atoms. The molecule has 0 amide bonds. The van der Waals surface area contributed by atoms with Gasteiger partial charge in [0.15, 0.2) is 0 Å². The van der Waals surface area contributed by atoms with Crippen molar-refractivity contribution in [3.8, 4) is 0 Å². The first-order chi connectivity index (χ1) is 8.95. The third kappa shape index (κ3) is 6.15. The summed E-state index contributed by atoms with van der Waals surface area (Å²) in [5.41, 5.74) is 7.31. The predicted molar refractivity (Wildman–Crippen MR) is 73.4 cm³/mol. The van der Waals surface area contributed by atoms with Gasteiger partial charge in [-0.25, -0.2) is 0 Å². The number of hydrogen-bond donors (Lipinski definition) is 2. The van der Waals surface area contributed by atoms with E-state index in [4.69, 9.17) is 9.83 Å². The van der Waals surface area contributed by atoms with Crippen LogP contribution in [0, 0.1) is 0 Å². The van der Waals surface area contributed by atoms with E-state index in [1.54, 1.807) is 24.3 Å². The summed E-state index contributed by atoms with van der Waals surface area (Å²) in [7, 11) is 0. The summed E-state index contributed by atoms with van der Waals surface area (Å²) in [6, 6.07) is 12.4. The first kappa shape index (κ1) is 20.1. The largest absolute Gasteiger partial charge is 1.00 e. The summed E-state index contributed by atoms with van der Waals surface area (Å²) in [5.74, 6) is 0. The molecule has 0 saturated carbocycles. The van der Waals surface area contributed by atoms with Gasteiger partial charge >= 0.3 is 142 Å². The summed E-state index contributed by atoms with van der Waals surface area (Å²) < 4.78 is 30.7. The van der Waals surface area contributed by atoms with Crippen LogP contribution in [-0.2, 0) is 3.74 Å². The second-order valence-corrected chi connectivity index (χ2v) is 7.10. The molecule has 2 aromatic carbocycles. The van der Waals surface area contributed by atoms with Crippen molar-refractivity contribution in [3.05, 3.63) is 48.5 Å². The van der Waals surface area contributed by atoms with Crippen molar-refractivity contribution in [1.29, 1.82) is 0 Å². The molecule has 0 saturated heterocycles. The summed E-state index contributed by atoms with van der Waals surface area (Å²) in [6.07, 6.45) is 0. The maximum atomic E-state index is 10.9. The second kappa shape index (κ2) is 8.50. The molecule has 0 aliphatic heterocycles. The smallest absolute Gasteiger partial charge is 0.412 e. The zero-order valence-electron chi connectivity index (χ0n) is 11.3. The van der Waals surface area contributed by atoms with E-state index < -0.39 is 14.2 Å². The Morgan fingerprint density at radius 3 is 1.71 bits per heavy atom. The SMILES string of the molecule is Nc1ccc(N=Nc2ccc([As](=O)([O-])O)cc2)cc1.O.[Na+]. The molecule has 2 aromatic rings. The molecule has 1 atom stereocenters. The monoisotopic (exact) mass is 361 g/mol. The minimum Gasteiger partial charge on any atom is -0.412 e. The van der Waals surface area contributed by atoms with Gasteiger partial charge in [0.1, 0.15) is 0 Å². The van der Waals surface area contributed by atoms with Crippen LogP contribution in [0.5, 0.6) is 0 Å². The van der Waals surface area contributed by atoms with Crippen LogP contribution in [-0.4, -0.2) is 23.7 Å². The summed E-state index contributed by atoms with van der Waals surface area (Å²) >= 11 is -5.07. The molecule has 1 unspecified atom stereocenters. The van der Waals surface area contributed by atoms with E-state index in [9.17, 15) is 7.84 Å². The molecule has 9 heteroatoms.